The number of amides is 2. The van der Waals surface area contributed by atoms with Crippen molar-refractivity contribution < 1.29 is 27.5 Å². The molecule has 9 nitrogen and oxygen atoms in total. The van der Waals surface area contributed by atoms with E-state index in [2.05, 4.69) is 5.32 Å². The van der Waals surface area contributed by atoms with E-state index in [-0.39, 0.29) is 29.5 Å². The fourth-order valence-electron chi connectivity index (χ4n) is 4.90. The molecule has 0 aliphatic heterocycles. The van der Waals surface area contributed by atoms with E-state index in [1.54, 1.807) is 61.7 Å². The Morgan fingerprint density at radius 2 is 1.38 bits per heavy atom. The number of hydrogen-bond acceptors (Lipinski definition) is 6. The number of nitrogens with zero attached hydrogens (tertiary/aromatic N) is 2. The highest BCUT2D eigenvalue weighted by Crippen LogP contribution is 2.28. The first kappa shape index (κ1) is 33.1. The molecule has 4 rings (SSSR count). The van der Waals surface area contributed by atoms with Crippen molar-refractivity contribution >= 4 is 27.5 Å². The van der Waals surface area contributed by atoms with Crippen molar-refractivity contribution in [2.24, 2.45) is 0 Å². The van der Waals surface area contributed by atoms with Crippen LogP contribution in [0.4, 0.5) is 5.69 Å². The number of benzene rings is 4. The van der Waals surface area contributed by atoms with Gasteiger partial charge in [0.05, 0.1) is 24.8 Å². The first-order chi connectivity index (χ1) is 21.8. The summed E-state index contributed by atoms with van der Waals surface area (Å²) in [4.78, 5) is 29.7. The standard InChI is InChI=1S/C35H39N3O6S/c1-4-21-36-35(40)33(23-27-13-7-5-8-14-27)37(25-28-15-11-17-30(22-28)43-2)34(39)26-38(29-16-12-18-31(24-29)44-3)45(41,42)32-19-9-6-10-20-32/h5-20,22,24,33H,4,21,23,25-26H2,1-3H3,(H,36,40)/t33-/m1/s1. The van der Waals surface area contributed by atoms with Gasteiger partial charge in [-0.05, 0) is 53.9 Å². The molecule has 0 bridgehead atoms. The lowest BCUT2D eigenvalue weighted by Crippen LogP contribution is -2.53. The Labute approximate surface area is 265 Å². The lowest BCUT2D eigenvalue weighted by molar-refractivity contribution is -0.140. The van der Waals surface area contributed by atoms with Crippen LogP contribution in [0.5, 0.6) is 11.5 Å². The van der Waals surface area contributed by atoms with Gasteiger partial charge in [-0.25, -0.2) is 8.42 Å². The quantitative estimate of drug-likeness (QED) is 0.197. The molecule has 0 heterocycles. The van der Waals surface area contributed by atoms with Crippen LogP contribution in [0.15, 0.2) is 114 Å². The van der Waals surface area contributed by atoms with Crippen molar-refractivity contribution in [3.63, 3.8) is 0 Å². The van der Waals surface area contributed by atoms with Crippen molar-refractivity contribution in [3.8, 4) is 11.5 Å². The predicted octanol–water partition coefficient (Wildman–Crippen LogP) is 5.07. The molecule has 0 spiro atoms. The molecule has 0 fully saturated rings. The number of ether oxygens (including phenoxy) is 2. The first-order valence-corrected chi connectivity index (χ1v) is 16.2. The Morgan fingerprint density at radius 1 is 0.778 bits per heavy atom. The molecule has 0 aliphatic carbocycles. The zero-order chi connectivity index (χ0) is 32.2. The SMILES string of the molecule is CCCNC(=O)[C@@H](Cc1ccccc1)N(Cc1cccc(OC)c1)C(=O)CN(c1cccc(OC)c1)S(=O)(=O)c1ccccc1. The van der Waals surface area contributed by atoms with Crippen LogP contribution >= 0.6 is 0 Å². The third-order valence-electron chi connectivity index (χ3n) is 7.26. The topological polar surface area (TPSA) is 105 Å². The fourth-order valence-corrected chi connectivity index (χ4v) is 6.33. The van der Waals surface area contributed by atoms with Crippen LogP contribution in [0, 0.1) is 0 Å². The largest absolute Gasteiger partial charge is 0.497 e. The molecule has 0 radical (unpaired) electrons. The molecule has 4 aromatic rings. The number of methoxy groups -OCH3 is 2. The molecule has 0 unspecified atom stereocenters. The third-order valence-corrected chi connectivity index (χ3v) is 9.05. The van der Waals surface area contributed by atoms with Gasteiger partial charge in [-0.3, -0.25) is 13.9 Å². The minimum Gasteiger partial charge on any atom is -0.497 e. The van der Waals surface area contributed by atoms with Crippen molar-refractivity contribution in [2.75, 3.05) is 31.6 Å². The fraction of sp³-hybridized carbons (Fsp3) is 0.257. The average Bonchev–Trinajstić information content (AvgIpc) is 3.08. The minimum absolute atomic E-state index is 0.0292. The van der Waals surface area contributed by atoms with Gasteiger partial charge in [0.15, 0.2) is 0 Å². The van der Waals surface area contributed by atoms with E-state index in [1.807, 2.05) is 49.4 Å². The lowest BCUT2D eigenvalue weighted by atomic mass is 10.0. The highest BCUT2D eigenvalue weighted by molar-refractivity contribution is 7.92. The summed E-state index contributed by atoms with van der Waals surface area (Å²) >= 11 is 0. The number of carbonyl (C=O) groups is 2. The Hall–Kier alpha value is -4.83. The molecule has 1 atom stereocenters. The maximum absolute atomic E-state index is 14.5. The second-order valence-electron chi connectivity index (χ2n) is 10.4. The number of anilines is 1. The normalized spacial score (nSPS) is 11.7. The van der Waals surface area contributed by atoms with Gasteiger partial charge in [-0.2, -0.15) is 0 Å². The Bertz CT molecular complexity index is 1670. The van der Waals surface area contributed by atoms with Gasteiger partial charge < -0.3 is 19.7 Å². The van der Waals surface area contributed by atoms with E-state index in [0.717, 1.165) is 15.4 Å². The van der Waals surface area contributed by atoms with E-state index in [0.29, 0.717) is 24.5 Å². The molecule has 0 saturated carbocycles. The van der Waals surface area contributed by atoms with Gasteiger partial charge in [-0.15, -0.1) is 0 Å². The first-order valence-electron chi connectivity index (χ1n) is 14.7. The molecule has 1 N–H and O–H groups in total. The van der Waals surface area contributed by atoms with Gasteiger partial charge in [0.1, 0.15) is 24.1 Å². The van der Waals surface area contributed by atoms with Crippen LogP contribution in [0.2, 0.25) is 0 Å². The smallest absolute Gasteiger partial charge is 0.264 e. The molecular formula is C35H39N3O6S. The Balaban J connectivity index is 1.81. The molecule has 45 heavy (non-hydrogen) atoms. The molecular weight excluding hydrogens is 590 g/mol. The molecule has 4 aromatic carbocycles. The van der Waals surface area contributed by atoms with Gasteiger partial charge in [-0.1, -0.05) is 73.7 Å². The summed E-state index contributed by atoms with van der Waals surface area (Å²) in [7, 11) is -1.16. The Morgan fingerprint density at radius 3 is 2.02 bits per heavy atom. The van der Waals surface area contributed by atoms with Crippen molar-refractivity contribution in [1.29, 1.82) is 0 Å². The maximum atomic E-state index is 14.5. The number of sulfonamides is 1. The van der Waals surface area contributed by atoms with Crippen LogP contribution in [-0.4, -0.2) is 58.5 Å². The third kappa shape index (κ3) is 8.63. The second kappa shape index (κ2) is 15.8. The summed E-state index contributed by atoms with van der Waals surface area (Å²) in [6.45, 7) is 1.88. The average molecular weight is 630 g/mol. The summed E-state index contributed by atoms with van der Waals surface area (Å²) in [5.41, 5.74) is 1.84. The van der Waals surface area contributed by atoms with Crippen LogP contribution < -0.4 is 19.1 Å². The monoisotopic (exact) mass is 629 g/mol. The summed E-state index contributed by atoms with van der Waals surface area (Å²) in [6.07, 6.45) is 0.948. The van der Waals surface area contributed by atoms with Crippen LogP contribution in [0.3, 0.4) is 0 Å². The van der Waals surface area contributed by atoms with Crippen molar-refractivity contribution in [3.05, 3.63) is 120 Å². The number of nitrogens with one attached hydrogen (secondary N) is 1. The second-order valence-corrected chi connectivity index (χ2v) is 12.3. The number of carbonyl (C=O) groups excluding carboxylic acids is 2. The Kier molecular flexibility index (Phi) is 11.6. The van der Waals surface area contributed by atoms with Gasteiger partial charge in [0, 0.05) is 25.6 Å². The molecule has 0 aliphatic rings. The molecule has 2 amide bonds. The van der Waals surface area contributed by atoms with Crippen LogP contribution in [0.1, 0.15) is 24.5 Å². The molecule has 236 valence electrons. The van der Waals surface area contributed by atoms with Crippen molar-refractivity contribution in [2.45, 2.75) is 37.2 Å². The summed E-state index contributed by atoms with van der Waals surface area (Å²) in [5, 5.41) is 2.95. The highest BCUT2D eigenvalue weighted by Gasteiger charge is 2.34. The van der Waals surface area contributed by atoms with E-state index in [9.17, 15) is 18.0 Å². The summed E-state index contributed by atoms with van der Waals surface area (Å²) < 4.78 is 40.0. The zero-order valence-corrected chi connectivity index (χ0v) is 26.6. The van der Waals surface area contributed by atoms with Gasteiger partial charge in [0.2, 0.25) is 11.8 Å². The molecule has 10 heteroatoms. The predicted molar refractivity (Wildman–Crippen MR) is 175 cm³/mol. The summed E-state index contributed by atoms with van der Waals surface area (Å²) in [5.74, 6) is 0.158. The number of hydrogen-bond donors (Lipinski definition) is 1. The highest BCUT2D eigenvalue weighted by atomic mass is 32.2. The summed E-state index contributed by atoms with van der Waals surface area (Å²) in [6, 6.07) is 30.2. The van der Waals surface area contributed by atoms with Gasteiger partial charge in [0.25, 0.3) is 10.0 Å². The molecule has 0 saturated heterocycles. The zero-order valence-electron chi connectivity index (χ0n) is 25.8. The van der Waals surface area contributed by atoms with E-state index < -0.39 is 28.5 Å². The van der Waals surface area contributed by atoms with E-state index in [1.165, 1.54) is 24.1 Å². The lowest BCUT2D eigenvalue weighted by Gasteiger charge is -2.34. The van der Waals surface area contributed by atoms with E-state index >= 15 is 0 Å². The van der Waals surface area contributed by atoms with Gasteiger partial charge >= 0.3 is 0 Å². The maximum Gasteiger partial charge on any atom is 0.264 e. The number of rotatable bonds is 15. The minimum atomic E-state index is -4.20. The van der Waals surface area contributed by atoms with Crippen LogP contribution in [-0.2, 0) is 32.6 Å². The molecule has 0 aromatic heterocycles. The van der Waals surface area contributed by atoms with Crippen molar-refractivity contribution in [1.82, 2.24) is 10.2 Å². The van der Waals surface area contributed by atoms with Crippen LogP contribution in [0.25, 0.3) is 0 Å². The van der Waals surface area contributed by atoms with E-state index in [4.69, 9.17) is 9.47 Å².